The van der Waals surface area contributed by atoms with E-state index in [1.165, 1.54) is 12.1 Å². The maximum absolute atomic E-state index is 13.9. The monoisotopic (exact) mass is 388 g/mol. The molecule has 3 aromatic rings. The maximum atomic E-state index is 13.9. The van der Waals surface area contributed by atoms with Gasteiger partial charge >= 0.3 is 6.09 Å². The predicted molar refractivity (Wildman–Crippen MR) is 106 cm³/mol. The normalized spacial score (nSPS) is 12.8. The number of amides is 1. The highest BCUT2D eigenvalue weighted by Crippen LogP contribution is 2.36. The molecule has 0 aliphatic heterocycles. The van der Waals surface area contributed by atoms with Gasteiger partial charge in [0.05, 0.1) is 22.3 Å². The SMILES string of the molecule is CC(NC(=O)OC(C)(C)C)c1c(Cl)c2ccccc2n1-c1cccc(F)c1. The summed E-state index contributed by atoms with van der Waals surface area (Å²) in [5, 5.41) is 4.16. The number of nitrogens with one attached hydrogen (secondary N) is 1. The van der Waals surface area contributed by atoms with Crippen LogP contribution in [0.5, 0.6) is 0 Å². The van der Waals surface area contributed by atoms with E-state index in [2.05, 4.69) is 5.32 Å². The van der Waals surface area contributed by atoms with E-state index in [1.807, 2.05) is 35.8 Å². The van der Waals surface area contributed by atoms with Gasteiger partial charge in [-0.1, -0.05) is 35.9 Å². The lowest BCUT2D eigenvalue weighted by molar-refractivity contribution is 0.0506. The minimum atomic E-state index is -0.608. The maximum Gasteiger partial charge on any atom is 0.408 e. The number of alkyl carbamates (subject to hydrolysis) is 1. The summed E-state index contributed by atoms with van der Waals surface area (Å²) in [6, 6.07) is 13.4. The van der Waals surface area contributed by atoms with Crippen LogP contribution in [-0.2, 0) is 4.74 Å². The molecule has 6 heteroatoms. The van der Waals surface area contributed by atoms with Crippen molar-refractivity contribution in [2.45, 2.75) is 39.3 Å². The number of ether oxygens (including phenoxy) is 1. The molecule has 4 nitrogen and oxygen atoms in total. The number of carbonyl (C=O) groups is 1. The van der Waals surface area contributed by atoms with E-state index in [9.17, 15) is 9.18 Å². The Bertz CT molecular complexity index is 992. The van der Waals surface area contributed by atoms with Crippen LogP contribution in [0.25, 0.3) is 16.6 Å². The predicted octanol–water partition coefficient (Wildman–Crippen LogP) is 6.01. The van der Waals surface area contributed by atoms with Gasteiger partial charge in [0.25, 0.3) is 0 Å². The van der Waals surface area contributed by atoms with Crippen LogP contribution in [0.2, 0.25) is 5.02 Å². The van der Waals surface area contributed by atoms with Crippen LogP contribution in [0.3, 0.4) is 0 Å². The van der Waals surface area contributed by atoms with E-state index < -0.39 is 17.7 Å². The van der Waals surface area contributed by atoms with Gasteiger partial charge < -0.3 is 14.6 Å². The molecule has 0 saturated carbocycles. The molecule has 1 aromatic heterocycles. The Morgan fingerprint density at radius 1 is 1.19 bits per heavy atom. The average Bonchev–Trinajstić information content (AvgIpc) is 2.86. The van der Waals surface area contributed by atoms with Crippen molar-refractivity contribution in [3.05, 3.63) is 65.1 Å². The molecule has 0 aliphatic carbocycles. The number of hydrogen-bond acceptors (Lipinski definition) is 2. The topological polar surface area (TPSA) is 43.3 Å². The Hall–Kier alpha value is -2.53. The number of benzene rings is 2. The second-order valence-corrected chi connectivity index (χ2v) is 7.78. The Balaban J connectivity index is 2.10. The summed E-state index contributed by atoms with van der Waals surface area (Å²) in [5.41, 5.74) is 1.52. The van der Waals surface area contributed by atoms with E-state index in [4.69, 9.17) is 16.3 Å². The highest BCUT2D eigenvalue weighted by molar-refractivity contribution is 6.36. The third-order valence-electron chi connectivity index (χ3n) is 4.06. The van der Waals surface area contributed by atoms with Crippen LogP contribution >= 0.6 is 11.6 Å². The van der Waals surface area contributed by atoms with Gasteiger partial charge in [-0.3, -0.25) is 0 Å². The molecule has 27 heavy (non-hydrogen) atoms. The number of fused-ring (bicyclic) bond motifs is 1. The summed E-state index contributed by atoms with van der Waals surface area (Å²) in [6.45, 7) is 7.22. The summed E-state index contributed by atoms with van der Waals surface area (Å²) < 4.78 is 21.1. The molecule has 0 aliphatic rings. The van der Waals surface area contributed by atoms with Gasteiger partial charge in [-0.2, -0.15) is 0 Å². The highest BCUT2D eigenvalue weighted by atomic mass is 35.5. The molecule has 3 rings (SSSR count). The summed E-state index contributed by atoms with van der Waals surface area (Å²) in [7, 11) is 0. The molecule has 0 fully saturated rings. The van der Waals surface area contributed by atoms with Gasteiger partial charge in [-0.05, 0) is 52.0 Å². The molecular formula is C21H22ClFN2O2. The second-order valence-electron chi connectivity index (χ2n) is 7.40. The number of halogens is 2. The molecule has 1 amide bonds. The van der Waals surface area contributed by atoms with Gasteiger partial charge in [0.1, 0.15) is 11.4 Å². The lowest BCUT2D eigenvalue weighted by atomic mass is 10.2. The smallest absolute Gasteiger partial charge is 0.408 e. The van der Waals surface area contributed by atoms with Crippen LogP contribution in [0.1, 0.15) is 39.4 Å². The average molecular weight is 389 g/mol. The van der Waals surface area contributed by atoms with Gasteiger partial charge in [-0.25, -0.2) is 9.18 Å². The first-order valence-electron chi connectivity index (χ1n) is 8.71. The number of carbonyl (C=O) groups excluding carboxylic acids is 1. The zero-order valence-electron chi connectivity index (χ0n) is 15.7. The quantitative estimate of drug-likeness (QED) is 0.597. The zero-order valence-corrected chi connectivity index (χ0v) is 16.5. The fourth-order valence-corrected chi connectivity index (χ4v) is 3.46. The molecule has 1 N–H and O–H groups in total. The molecular weight excluding hydrogens is 367 g/mol. The van der Waals surface area contributed by atoms with Crippen molar-refractivity contribution in [3.63, 3.8) is 0 Å². The minimum absolute atomic E-state index is 0.347. The molecule has 142 valence electrons. The van der Waals surface area contributed by atoms with Gasteiger partial charge in [-0.15, -0.1) is 0 Å². The van der Waals surface area contributed by atoms with Gasteiger partial charge in [0.15, 0.2) is 0 Å². The lowest BCUT2D eigenvalue weighted by Crippen LogP contribution is -2.34. The van der Waals surface area contributed by atoms with Crippen molar-refractivity contribution in [1.29, 1.82) is 0 Å². The largest absolute Gasteiger partial charge is 0.444 e. The van der Waals surface area contributed by atoms with E-state index in [1.54, 1.807) is 32.9 Å². The van der Waals surface area contributed by atoms with Gasteiger partial charge in [0.2, 0.25) is 0 Å². The van der Waals surface area contributed by atoms with Crippen molar-refractivity contribution in [2.24, 2.45) is 0 Å². The summed E-state index contributed by atoms with van der Waals surface area (Å²) >= 11 is 6.66. The fourth-order valence-electron chi connectivity index (χ4n) is 3.05. The fraction of sp³-hybridized carbons (Fsp3) is 0.286. The molecule has 0 saturated heterocycles. The Morgan fingerprint density at radius 3 is 2.56 bits per heavy atom. The van der Waals surface area contributed by atoms with E-state index in [0.29, 0.717) is 16.4 Å². The first-order chi connectivity index (χ1) is 12.7. The summed E-state index contributed by atoms with van der Waals surface area (Å²) in [5.74, 6) is -0.347. The Kier molecular flexibility index (Phi) is 5.16. The van der Waals surface area contributed by atoms with Crippen molar-refractivity contribution in [1.82, 2.24) is 9.88 Å². The summed E-state index contributed by atoms with van der Waals surface area (Å²) in [4.78, 5) is 12.2. The van der Waals surface area contributed by atoms with Crippen molar-refractivity contribution in [2.75, 3.05) is 0 Å². The van der Waals surface area contributed by atoms with Crippen molar-refractivity contribution < 1.29 is 13.9 Å². The van der Waals surface area contributed by atoms with E-state index in [-0.39, 0.29) is 5.82 Å². The Morgan fingerprint density at radius 2 is 1.89 bits per heavy atom. The standard InChI is InChI=1S/C21H22ClFN2O2/c1-13(24-20(26)27-21(2,3)4)19-18(22)16-10-5-6-11-17(16)25(19)15-9-7-8-14(23)12-15/h5-13H,1-4H3,(H,24,26). The number of para-hydroxylation sites is 1. The molecule has 1 atom stereocenters. The molecule has 1 heterocycles. The third kappa shape index (κ3) is 4.08. The third-order valence-corrected chi connectivity index (χ3v) is 4.45. The second kappa shape index (κ2) is 7.24. The van der Waals surface area contributed by atoms with Crippen molar-refractivity contribution in [3.8, 4) is 5.69 Å². The first kappa shape index (κ1) is 19.2. The number of hydrogen-bond donors (Lipinski definition) is 1. The lowest BCUT2D eigenvalue weighted by Gasteiger charge is -2.23. The molecule has 0 radical (unpaired) electrons. The molecule has 1 unspecified atom stereocenters. The van der Waals surface area contributed by atoms with Crippen LogP contribution in [0, 0.1) is 5.82 Å². The number of rotatable bonds is 3. The van der Waals surface area contributed by atoms with Crippen LogP contribution in [0.4, 0.5) is 9.18 Å². The summed E-state index contributed by atoms with van der Waals surface area (Å²) in [6.07, 6.45) is -0.540. The van der Waals surface area contributed by atoms with Gasteiger partial charge in [0, 0.05) is 11.1 Å². The zero-order chi connectivity index (χ0) is 19.8. The van der Waals surface area contributed by atoms with Crippen LogP contribution in [0.15, 0.2) is 48.5 Å². The first-order valence-corrected chi connectivity index (χ1v) is 9.09. The van der Waals surface area contributed by atoms with Crippen LogP contribution in [-0.4, -0.2) is 16.3 Å². The molecule has 2 aromatic carbocycles. The van der Waals surface area contributed by atoms with E-state index in [0.717, 1.165) is 10.9 Å². The highest BCUT2D eigenvalue weighted by Gasteiger charge is 2.25. The molecule has 0 bridgehead atoms. The number of nitrogens with zero attached hydrogens (tertiary/aromatic N) is 1. The van der Waals surface area contributed by atoms with Crippen LogP contribution < -0.4 is 5.32 Å². The van der Waals surface area contributed by atoms with Crippen molar-refractivity contribution >= 4 is 28.6 Å². The minimum Gasteiger partial charge on any atom is -0.444 e. The Labute approximate surface area is 162 Å². The molecule has 0 spiro atoms. The number of aromatic nitrogens is 1. The van der Waals surface area contributed by atoms with E-state index >= 15 is 0 Å².